The van der Waals surface area contributed by atoms with Crippen molar-refractivity contribution in [3.63, 3.8) is 0 Å². The molecule has 1 aromatic rings. The fourth-order valence-corrected chi connectivity index (χ4v) is 4.58. The topological polar surface area (TPSA) is 26.0 Å². The van der Waals surface area contributed by atoms with Gasteiger partial charge in [0.2, 0.25) is 0 Å². The minimum Gasteiger partial charge on any atom is -0.327 e. The lowest BCUT2D eigenvalue weighted by atomic mass is 10.2. The molecule has 1 saturated carbocycles. The highest BCUT2D eigenvalue weighted by Gasteiger charge is 2.16. The van der Waals surface area contributed by atoms with Crippen molar-refractivity contribution in [3.05, 3.63) is 21.3 Å². The fraction of sp³-hybridized carbons (Fsp3) is 0.667. The first kappa shape index (κ1) is 12.7. The van der Waals surface area contributed by atoms with E-state index in [0.29, 0.717) is 0 Å². The Kier molecular flexibility index (Phi) is 5.01. The summed E-state index contributed by atoms with van der Waals surface area (Å²) >= 11 is 9.61. The number of halogens is 1. The minimum atomic E-state index is 0.278. The highest BCUT2D eigenvalue weighted by molar-refractivity contribution is 7.99. The van der Waals surface area contributed by atoms with Crippen LogP contribution in [0.4, 0.5) is 0 Å². The van der Waals surface area contributed by atoms with Crippen LogP contribution >= 0.6 is 34.7 Å². The molecule has 1 aromatic heterocycles. The second kappa shape index (κ2) is 6.29. The van der Waals surface area contributed by atoms with Gasteiger partial charge in [0, 0.05) is 21.9 Å². The van der Waals surface area contributed by atoms with Crippen LogP contribution in [0.15, 0.2) is 12.1 Å². The zero-order valence-electron chi connectivity index (χ0n) is 9.32. The number of nitrogens with two attached hydrogens (primary N) is 1. The van der Waals surface area contributed by atoms with Crippen molar-refractivity contribution in [2.24, 2.45) is 5.73 Å². The molecule has 0 aliphatic heterocycles. The molecule has 1 fully saturated rings. The van der Waals surface area contributed by atoms with Gasteiger partial charge in [0.05, 0.1) is 4.34 Å². The zero-order valence-corrected chi connectivity index (χ0v) is 11.7. The second-order valence-electron chi connectivity index (χ2n) is 4.41. The van der Waals surface area contributed by atoms with Gasteiger partial charge in [-0.25, -0.2) is 0 Å². The van der Waals surface area contributed by atoms with Gasteiger partial charge in [-0.2, -0.15) is 11.8 Å². The first-order valence-electron chi connectivity index (χ1n) is 5.85. The molecule has 4 heteroatoms. The molecule has 1 atom stereocenters. The Morgan fingerprint density at radius 2 is 2.19 bits per heavy atom. The molecule has 0 aromatic carbocycles. The molecule has 1 heterocycles. The van der Waals surface area contributed by atoms with Crippen LogP contribution in [-0.4, -0.2) is 17.0 Å². The summed E-state index contributed by atoms with van der Waals surface area (Å²) in [6.07, 6.45) is 6.57. The molecular weight excluding hydrogens is 258 g/mol. The van der Waals surface area contributed by atoms with E-state index in [-0.39, 0.29) is 6.04 Å². The van der Waals surface area contributed by atoms with Gasteiger partial charge < -0.3 is 5.73 Å². The normalized spacial score (nSPS) is 19.1. The van der Waals surface area contributed by atoms with E-state index in [0.717, 1.165) is 21.8 Å². The molecular formula is C12H18ClNS2. The van der Waals surface area contributed by atoms with Crippen molar-refractivity contribution in [1.82, 2.24) is 0 Å². The Balaban J connectivity index is 1.69. The highest BCUT2D eigenvalue weighted by Crippen LogP contribution is 2.30. The maximum atomic E-state index is 6.14. The molecule has 2 N–H and O–H groups in total. The monoisotopic (exact) mass is 275 g/mol. The van der Waals surface area contributed by atoms with Gasteiger partial charge in [-0.3, -0.25) is 0 Å². The molecule has 1 nitrogen and oxygen atoms in total. The number of thioether (sulfide) groups is 1. The van der Waals surface area contributed by atoms with Gasteiger partial charge in [-0.15, -0.1) is 11.3 Å². The maximum Gasteiger partial charge on any atom is 0.0931 e. The van der Waals surface area contributed by atoms with E-state index in [4.69, 9.17) is 17.3 Å². The molecule has 0 radical (unpaired) electrons. The van der Waals surface area contributed by atoms with Crippen LogP contribution in [0.5, 0.6) is 0 Å². The predicted octanol–water partition coefficient (Wildman–Crippen LogP) is 3.95. The van der Waals surface area contributed by atoms with E-state index in [1.807, 2.05) is 6.07 Å². The largest absolute Gasteiger partial charge is 0.327 e. The summed E-state index contributed by atoms with van der Waals surface area (Å²) in [5, 5.41) is 0.873. The zero-order chi connectivity index (χ0) is 11.4. The summed E-state index contributed by atoms with van der Waals surface area (Å²) in [5.41, 5.74) is 6.14. The molecule has 0 saturated heterocycles. The van der Waals surface area contributed by atoms with Gasteiger partial charge in [-0.05, 0) is 31.4 Å². The van der Waals surface area contributed by atoms with Crippen LogP contribution in [0.1, 0.15) is 30.6 Å². The van der Waals surface area contributed by atoms with Crippen LogP contribution in [0.25, 0.3) is 0 Å². The predicted molar refractivity (Wildman–Crippen MR) is 75.7 cm³/mol. The summed E-state index contributed by atoms with van der Waals surface area (Å²) in [6, 6.07) is 4.33. The summed E-state index contributed by atoms with van der Waals surface area (Å²) in [5.74, 6) is 1.08. The first-order chi connectivity index (χ1) is 7.74. The summed E-state index contributed by atoms with van der Waals surface area (Å²) in [4.78, 5) is 1.31. The molecule has 90 valence electrons. The second-order valence-corrected chi connectivity index (χ2v) is 7.54. The van der Waals surface area contributed by atoms with Gasteiger partial charge in [0.15, 0.2) is 0 Å². The molecule has 0 amide bonds. The van der Waals surface area contributed by atoms with Crippen LogP contribution in [0, 0.1) is 0 Å². The number of hydrogen-bond donors (Lipinski definition) is 1. The van der Waals surface area contributed by atoms with Crippen LogP contribution in [0.3, 0.4) is 0 Å². The number of thiophene rings is 1. The summed E-state index contributed by atoms with van der Waals surface area (Å²) in [6.45, 7) is 0. The average molecular weight is 276 g/mol. The Bertz CT molecular complexity index is 321. The Hall–Kier alpha value is 0.300. The fourth-order valence-electron chi connectivity index (χ4n) is 2.09. The molecule has 0 bridgehead atoms. The van der Waals surface area contributed by atoms with Gasteiger partial charge >= 0.3 is 0 Å². The highest BCUT2D eigenvalue weighted by atomic mass is 35.5. The van der Waals surface area contributed by atoms with Crippen molar-refractivity contribution in [2.45, 2.75) is 43.4 Å². The lowest BCUT2D eigenvalue weighted by Crippen LogP contribution is -2.26. The van der Waals surface area contributed by atoms with Crippen molar-refractivity contribution in [1.29, 1.82) is 0 Å². The number of hydrogen-bond acceptors (Lipinski definition) is 3. The van der Waals surface area contributed by atoms with Crippen LogP contribution < -0.4 is 5.73 Å². The van der Waals surface area contributed by atoms with E-state index in [2.05, 4.69) is 17.8 Å². The Morgan fingerprint density at radius 1 is 1.44 bits per heavy atom. The van der Waals surface area contributed by atoms with E-state index in [1.165, 1.54) is 30.6 Å². The quantitative estimate of drug-likeness (QED) is 0.881. The van der Waals surface area contributed by atoms with Crippen molar-refractivity contribution in [2.75, 3.05) is 5.75 Å². The number of rotatable bonds is 5. The molecule has 0 spiro atoms. The van der Waals surface area contributed by atoms with Crippen LogP contribution in [0.2, 0.25) is 4.34 Å². The Morgan fingerprint density at radius 3 is 2.81 bits per heavy atom. The summed E-state index contributed by atoms with van der Waals surface area (Å²) in [7, 11) is 0. The third-order valence-corrected chi connectivity index (χ3v) is 5.76. The van der Waals surface area contributed by atoms with E-state index >= 15 is 0 Å². The van der Waals surface area contributed by atoms with E-state index in [9.17, 15) is 0 Å². The lowest BCUT2D eigenvalue weighted by Gasteiger charge is -2.13. The third kappa shape index (κ3) is 3.95. The third-order valence-electron chi connectivity index (χ3n) is 2.94. The average Bonchev–Trinajstić information content (AvgIpc) is 2.87. The lowest BCUT2D eigenvalue weighted by molar-refractivity contribution is 0.753. The van der Waals surface area contributed by atoms with Crippen molar-refractivity contribution < 1.29 is 0 Å². The minimum absolute atomic E-state index is 0.278. The molecule has 1 aliphatic rings. The van der Waals surface area contributed by atoms with Gasteiger partial charge in [-0.1, -0.05) is 24.4 Å². The van der Waals surface area contributed by atoms with Crippen molar-refractivity contribution in [3.8, 4) is 0 Å². The molecule has 1 aliphatic carbocycles. The molecule has 2 rings (SSSR count). The van der Waals surface area contributed by atoms with Crippen molar-refractivity contribution >= 4 is 34.7 Å². The molecule has 1 unspecified atom stereocenters. The van der Waals surface area contributed by atoms with Gasteiger partial charge in [0.1, 0.15) is 0 Å². The maximum absolute atomic E-state index is 6.14. The smallest absolute Gasteiger partial charge is 0.0931 e. The van der Waals surface area contributed by atoms with E-state index < -0.39 is 0 Å². The first-order valence-corrected chi connectivity index (χ1v) is 8.10. The molecule has 16 heavy (non-hydrogen) atoms. The summed E-state index contributed by atoms with van der Waals surface area (Å²) < 4.78 is 0.866. The van der Waals surface area contributed by atoms with Crippen LogP contribution in [-0.2, 0) is 6.42 Å². The van der Waals surface area contributed by atoms with E-state index in [1.54, 1.807) is 11.3 Å². The van der Waals surface area contributed by atoms with Gasteiger partial charge in [0.25, 0.3) is 0 Å². The SMILES string of the molecule is NC(CSC1CCCC1)Cc1ccc(Cl)s1. The Labute approximate surface area is 111 Å². The standard InChI is InChI=1S/C12H18ClNS2/c13-12-6-5-11(16-12)7-9(14)8-15-10-3-1-2-4-10/h5-6,9-10H,1-4,7-8,14H2.